The van der Waals surface area contributed by atoms with E-state index in [2.05, 4.69) is 24.4 Å². The number of hydrogen-bond acceptors (Lipinski definition) is 3. The van der Waals surface area contributed by atoms with Gasteiger partial charge < -0.3 is 5.32 Å². The number of benzene rings is 2. The highest BCUT2D eigenvalue weighted by molar-refractivity contribution is 7.14. The monoisotopic (exact) mass is 414 g/mol. The Kier molecular flexibility index (Phi) is 6.50. The first kappa shape index (κ1) is 20.5. The first-order chi connectivity index (χ1) is 13.4. The third-order valence-electron chi connectivity index (χ3n) is 4.79. The Morgan fingerprint density at radius 3 is 2.43 bits per heavy atom. The van der Waals surface area contributed by atoms with E-state index in [1.807, 2.05) is 49.6 Å². The minimum Gasteiger partial charge on any atom is -0.335 e. The van der Waals surface area contributed by atoms with Gasteiger partial charge in [-0.05, 0) is 44.0 Å². The molecule has 1 atom stereocenters. The third kappa shape index (κ3) is 4.61. The van der Waals surface area contributed by atoms with Crippen LogP contribution in [0, 0.1) is 13.8 Å². The number of hydrogen-bond donors (Lipinski definition) is 1. The van der Waals surface area contributed by atoms with Crippen molar-refractivity contribution in [2.24, 2.45) is 0 Å². The van der Waals surface area contributed by atoms with Crippen molar-refractivity contribution in [1.29, 1.82) is 0 Å². The van der Waals surface area contributed by atoms with Gasteiger partial charge in [-0.25, -0.2) is 4.98 Å². The Morgan fingerprint density at radius 2 is 1.82 bits per heavy atom. The fraction of sp³-hybridized carbons (Fsp3) is 0.273. The molecule has 1 heterocycles. The number of para-hydroxylation sites is 1. The minimum absolute atomic E-state index is 0.0307. The van der Waals surface area contributed by atoms with Gasteiger partial charge in [0.2, 0.25) is 5.91 Å². The molecule has 0 aliphatic carbocycles. The van der Waals surface area contributed by atoms with Crippen LogP contribution in [-0.2, 0) is 11.3 Å². The number of thiazole rings is 1. The zero-order valence-corrected chi connectivity index (χ0v) is 18.1. The van der Waals surface area contributed by atoms with E-state index in [4.69, 9.17) is 16.6 Å². The lowest BCUT2D eigenvalue weighted by Crippen LogP contribution is -2.83. The molecule has 1 aromatic heterocycles. The predicted octanol–water partition coefficient (Wildman–Crippen LogP) is 4.92. The topological polar surface area (TPSA) is 49.8 Å². The molecule has 0 fully saturated rings. The third-order valence-corrected chi connectivity index (χ3v) is 5.91. The van der Waals surface area contributed by atoms with E-state index < -0.39 is 0 Å². The molecule has 1 amide bonds. The van der Waals surface area contributed by atoms with Crippen LogP contribution in [0.1, 0.15) is 42.3 Å². The highest BCUT2D eigenvalue weighted by atomic mass is 35.5. The zero-order chi connectivity index (χ0) is 20.3. The van der Waals surface area contributed by atoms with Crippen LogP contribution >= 0.6 is 22.9 Å². The summed E-state index contributed by atoms with van der Waals surface area (Å²) in [6.45, 7) is 8.54. The van der Waals surface area contributed by atoms with Gasteiger partial charge in [0.1, 0.15) is 18.3 Å². The molecule has 0 saturated heterocycles. The summed E-state index contributed by atoms with van der Waals surface area (Å²) in [5, 5.41) is 5.73. The second-order valence-electron chi connectivity index (χ2n) is 7.00. The van der Waals surface area contributed by atoms with Gasteiger partial charge in [-0.3, -0.25) is 9.69 Å². The molecule has 146 valence electrons. The number of aryl methyl sites for hydroxylation is 2. The predicted molar refractivity (Wildman–Crippen MR) is 116 cm³/mol. The molecule has 3 aromatic rings. The Morgan fingerprint density at radius 1 is 1.18 bits per heavy atom. The molecule has 2 N–H and O–H groups in total. The van der Waals surface area contributed by atoms with Crippen LogP contribution in [0.2, 0.25) is 5.02 Å². The van der Waals surface area contributed by atoms with Crippen molar-refractivity contribution in [3.05, 3.63) is 75.3 Å². The number of rotatable bonds is 6. The highest BCUT2D eigenvalue weighted by Gasteiger charge is 2.22. The molecular formula is C22H25ClN3OS+. The minimum atomic E-state index is -0.0307. The lowest BCUT2D eigenvalue weighted by Gasteiger charge is -2.22. The fourth-order valence-corrected chi connectivity index (χ4v) is 4.25. The maximum Gasteiger partial charge on any atom is 0.230 e. The largest absolute Gasteiger partial charge is 0.335 e. The summed E-state index contributed by atoms with van der Waals surface area (Å²) in [6, 6.07) is 14.3. The van der Waals surface area contributed by atoms with E-state index in [0.717, 1.165) is 34.1 Å². The number of amides is 1. The van der Waals surface area contributed by atoms with Crippen LogP contribution in [0.4, 0.5) is 10.8 Å². The smallest absolute Gasteiger partial charge is 0.230 e. The highest BCUT2D eigenvalue weighted by Crippen LogP contribution is 2.33. The van der Waals surface area contributed by atoms with Crippen molar-refractivity contribution < 1.29 is 10.1 Å². The van der Waals surface area contributed by atoms with Crippen LogP contribution in [0.25, 0.3) is 0 Å². The van der Waals surface area contributed by atoms with Crippen molar-refractivity contribution >= 4 is 39.7 Å². The lowest BCUT2D eigenvalue weighted by molar-refractivity contribution is -0.708. The quantitative estimate of drug-likeness (QED) is 0.622. The Labute approximate surface area is 175 Å². The van der Waals surface area contributed by atoms with Crippen molar-refractivity contribution in [3.63, 3.8) is 0 Å². The zero-order valence-electron chi connectivity index (χ0n) is 16.6. The maximum absolute atomic E-state index is 12.4. The summed E-state index contributed by atoms with van der Waals surface area (Å²) in [6.07, 6.45) is 0. The second kappa shape index (κ2) is 8.86. The standard InChI is InChI=1S/C22H24ClN3OS/c1-14-6-5-7-15(2)21(14)26(17(4)27)22-25-20(13-28-22)12-24-16(3)18-8-10-19(23)11-9-18/h5-11,13,16,24H,12H2,1-4H3/p+1/t16-/m0/s1. The molecule has 0 spiro atoms. The first-order valence-electron chi connectivity index (χ1n) is 9.27. The van der Waals surface area contributed by atoms with Crippen molar-refractivity contribution in [1.82, 2.24) is 4.98 Å². The fourth-order valence-electron chi connectivity index (χ4n) is 3.24. The average molecular weight is 415 g/mol. The number of nitrogens with two attached hydrogens (primary N) is 1. The molecule has 0 bridgehead atoms. The number of nitrogens with zero attached hydrogens (tertiary/aromatic N) is 2. The average Bonchev–Trinajstić information content (AvgIpc) is 3.11. The number of quaternary nitrogens is 1. The number of halogens is 1. The molecular weight excluding hydrogens is 390 g/mol. The Bertz CT molecular complexity index is 948. The number of carbonyl (C=O) groups is 1. The van der Waals surface area contributed by atoms with Crippen LogP contribution < -0.4 is 10.2 Å². The molecule has 0 aliphatic rings. The maximum atomic E-state index is 12.4. The van der Waals surface area contributed by atoms with E-state index in [1.165, 1.54) is 16.9 Å². The Hall–Kier alpha value is -2.21. The summed E-state index contributed by atoms with van der Waals surface area (Å²) in [5.74, 6) is -0.0307. The van der Waals surface area contributed by atoms with Crippen molar-refractivity contribution in [2.45, 2.75) is 40.3 Å². The van der Waals surface area contributed by atoms with Gasteiger partial charge in [-0.2, -0.15) is 0 Å². The molecule has 28 heavy (non-hydrogen) atoms. The molecule has 0 aliphatic heterocycles. The summed E-state index contributed by atoms with van der Waals surface area (Å²) in [5.41, 5.74) is 5.25. The van der Waals surface area contributed by atoms with Gasteiger partial charge in [-0.15, -0.1) is 11.3 Å². The molecule has 3 rings (SSSR count). The van der Waals surface area contributed by atoms with Crippen LogP contribution in [0.5, 0.6) is 0 Å². The molecule has 0 unspecified atom stereocenters. The van der Waals surface area contributed by atoms with Crippen molar-refractivity contribution in [3.8, 4) is 0 Å². The van der Waals surface area contributed by atoms with E-state index in [-0.39, 0.29) is 5.91 Å². The van der Waals surface area contributed by atoms with E-state index in [0.29, 0.717) is 11.2 Å². The van der Waals surface area contributed by atoms with Gasteiger partial charge in [0, 0.05) is 22.9 Å². The van der Waals surface area contributed by atoms with Crippen LogP contribution in [0.3, 0.4) is 0 Å². The summed E-state index contributed by atoms with van der Waals surface area (Å²) in [7, 11) is 0. The Balaban J connectivity index is 1.76. The van der Waals surface area contributed by atoms with E-state index >= 15 is 0 Å². The molecule has 0 radical (unpaired) electrons. The lowest BCUT2D eigenvalue weighted by atomic mass is 10.1. The van der Waals surface area contributed by atoms with Gasteiger partial charge in [0.25, 0.3) is 0 Å². The van der Waals surface area contributed by atoms with Crippen molar-refractivity contribution in [2.75, 3.05) is 4.90 Å². The summed E-state index contributed by atoms with van der Waals surface area (Å²) < 4.78 is 0. The normalized spacial score (nSPS) is 12.0. The molecule has 0 saturated carbocycles. The van der Waals surface area contributed by atoms with Gasteiger partial charge >= 0.3 is 0 Å². The molecule has 2 aromatic carbocycles. The van der Waals surface area contributed by atoms with Gasteiger partial charge in [0.15, 0.2) is 5.13 Å². The van der Waals surface area contributed by atoms with Crippen LogP contribution in [-0.4, -0.2) is 10.9 Å². The number of anilines is 2. The SMILES string of the molecule is CC(=O)N(c1nc(C[NH2+][C@@H](C)c2ccc(Cl)cc2)cs1)c1c(C)cccc1C. The van der Waals surface area contributed by atoms with E-state index in [9.17, 15) is 4.79 Å². The first-order valence-corrected chi connectivity index (χ1v) is 10.5. The number of aromatic nitrogens is 1. The summed E-state index contributed by atoms with van der Waals surface area (Å²) >= 11 is 7.47. The number of carbonyl (C=O) groups excluding carboxylic acids is 1. The van der Waals surface area contributed by atoms with E-state index in [1.54, 1.807) is 11.8 Å². The molecule has 4 nitrogen and oxygen atoms in total. The van der Waals surface area contributed by atoms with Crippen LogP contribution in [0.15, 0.2) is 47.8 Å². The van der Waals surface area contributed by atoms with Gasteiger partial charge in [0.05, 0.1) is 5.69 Å². The second-order valence-corrected chi connectivity index (χ2v) is 8.27. The van der Waals surface area contributed by atoms with Gasteiger partial charge in [-0.1, -0.05) is 41.9 Å². The summed E-state index contributed by atoms with van der Waals surface area (Å²) in [4.78, 5) is 18.9. The molecule has 6 heteroatoms.